The van der Waals surface area contributed by atoms with Crippen molar-refractivity contribution in [3.05, 3.63) is 35.4 Å². The molecule has 0 amide bonds. The van der Waals surface area contributed by atoms with E-state index in [0.29, 0.717) is 6.04 Å². The minimum atomic E-state index is 0.469. The lowest BCUT2D eigenvalue weighted by molar-refractivity contribution is 0.472. The minimum Gasteiger partial charge on any atom is -0.271 e. The van der Waals surface area contributed by atoms with Gasteiger partial charge in [-0.05, 0) is 37.7 Å². The highest BCUT2D eigenvalue weighted by atomic mass is 15.2. The van der Waals surface area contributed by atoms with Gasteiger partial charge in [-0.1, -0.05) is 29.8 Å². The number of nitrogens with one attached hydrogen (secondary N) is 1. The summed E-state index contributed by atoms with van der Waals surface area (Å²) in [5.74, 6) is 6.36. The predicted molar refractivity (Wildman–Crippen MR) is 58.7 cm³/mol. The fraction of sp³-hybridized carbons (Fsp3) is 0.500. The van der Waals surface area contributed by atoms with Gasteiger partial charge < -0.3 is 0 Å². The molecule has 76 valence electrons. The molecule has 0 aliphatic heterocycles. The van der Waals surface area contributed by atoms with Gasteiger partial charge in [-0.25, -0.2) is 0 Å². The van der Waals surface area contributed by atoms with Gasteiger partial charge in [-0.2, -0.15) is 0 Å². The van der Waals surface area contributed by atoms with E-state index in [4.69, 9.17) is 5.84 Å². The third-order valence-corrected chi connectivity index (χ3v) is 2.94. The normalized spacial score (nSPS) is 18.1. The molecule has 1 saturated carbocycles. The van der Waals surface area contributed by atoms with Gasteiger partial charge in [0.15, 0.2) is 0 Å². The summed E-state index contributed by atoms with van der Waals surface area (Å²) in [4.78, 5) is 0. The highest BCUT2D eigenvalue weighted by Gasteiger charge is 2.30. The zero-order valence-corrected chi connectivity index (χ0v) is 8.66. The van der Waals surface area contributed by atoms with Crippen LogP contribution in [0.2, 0.25) is 0 Å². The van der Waals surface area contributed by atoms with Crippen LogP contribution < -0.4 is 11.3 Å². The Morgan fingerprint density at radius 1 is 1.50 bits per heavy atom. The summed E-state index contributed by atoms with van der Waals surface area (Å²) < 4.78 is 0. The van der Waals surface area contributed by atoms with E-state index in [1.54, 1.807) is 0 Å². The maximum atomic E-state index is 5.55. The van der Waals surface area contributed by atoms with Crippen LogP contribution in [0.4, 0.5) is 0 Å². The van der Waals surface area contributed by atoms with Crippen LogP contribution in [0, 0.1) is 12.8 Å². The predicted octanol–water partition coefficient (Wildman–Crippen LogP) is 1.78. The maximum absolute atomic E-state index is 5.55. The van der Waals surface area contributed by atoms with Crippen molar-refractivity contribution in [3.63, 3.8) is 0 Å². The zero-order valence-electron chi connectivity index (χ0n) is 8.66. The van der Waals surface area contributed by atoms with Crippen LogP contribution in [0.25, 0.3) is 0 Å². The van der Waals surface area contributed by atoms with Gasteiger partial charge >= 0.3 is 0 Å². The van der Waals surface area contributed by atoms with Gasteiger partial charge in [-0.3, -0.25) is 11.3 Å². The zero-order chi connectivity index (χ0) is 9.97. The monoisotopic (exact) mass is 190 g/mol. The third kappa shape index (κ3) is 2.34. The first kappa shape index (κ1) is 9.69. The number of hydrogen-bond donors (Lipinski definition) is 2. The van der Waals surface area contributed by atoms with E-state index in [-0.39, 0.29) is 0 Å². The van der Waals surface area contributed by atoms with Gasteiger partial charge in [-0.15, -0.1) is 0 Å². The number of hydrogen-bond acceptors (Lipinski definition) is 2. The molecule has 0 saturated heterocycles. The largest absolute Gasteiger partial charge is 0.271 e. The van der Waals surface area contributed by atoms with Gasteiger partial charge in [0.2, 0.25) is 0 Å². The van der Waals surface area contributed by atoms with E-state index in [0.717, 1.165) is 12.3 Å². The maximum Gasteiger partial charge on any atom is 0.0279 e. The Morgan fingerprint density at radius 3 is 2.86 bits per heavy atom. The Balaban J connectivity index is 2.01. The van der Waals surface area contributed by atoms with Gasteiger partial charge in [0.25, 0.3) is 0 Å². The molecule has 0 heterocycles. The number of benzene rings is 1. The first-order chi connectivity index (χ1) is 6.79. The van der Waals surface area contributed by atoms with E-state index in [1.807, 2.05) is 0 Å². The average molecular weight is 190 g/mol. The number of nitrogens with two attached hydrogens (primary N) is 1. The molecular formula is C12H18N2. The summed E-state index contributed by atoms with van der Waals surface area (Å²) >= 11 is 0. The minimum absolute atomic E-state index is 0.469. The molecule has 0 aromatic heterocycles. The van der Waals surface area contributed by atoms with Crippen molar-refractivity contribution < 1.29 is 0 Å². The van der Waals surface area contributed by atoms with Crippen LogP contribution in [0.3, 0.4) is 0 Å². The molecule has 0 bridgehead atoms. The molecule has 2 nitrogen and oxygen atoms in total. The smallest absolute Gasteiger partial charge is 0.0279 e. The molecule has 1 aromatic rings. The summed E-state index contributed by atoms with van der Waals surface area (Å²) in [6.07, 6.45) is 3.73. The Hall–Kier alpha value is -0.860. The number of aryl methyl sites for hydroxylation is 1. The van der Waals surface area contributed by atoms with Crippen molar-refractivity contribution in [2.24, 2.45) is 11.8 Å². The molecular weight excluding hydrogens is 172 g/mol. The summed E-state index contributed by atoms with van der Waals surface area (Å²) in [7, 11) is 0. The second-order valence-corrected chi connectivity index (χ2v) is 4.30. The molecule has 1 aromatic carbocycles. The van der Waals surface area contributed by atoms with E-state index >= 15 is 0 Å². The molecule has 2 rings (SSSR count). The van der Waals surface area contributed by atoms with Gasteiger partial charge in [0.1, 0.15) is 0 Å². The summed E-state index contributed by atoms with van der Waals surface area (Å²) in [5.41, 5.74) is 5.65. The summed E-state index contributed by atoms with van der Waals surface area (Å²) in [5, 5.41) is 0. The Bertz CT molecular complexity index is 305. The molecule has 3 N–H and O–H groups in total. The highest BCUT2D eigenvalue weighted by molar-refractivity contribution is 5.23. The van der Waals surface area contributed by atoms with E-state index in [9.17, 15) is 0 Å². The number of hydrazine groups is 1. The molecule has 1 unspecified atom stereocenters. The lowest BCUT2D eigenvalue weighted by atomic mass is 10.0. The van der Waals surface area contributed by atoms with Crippen molar-refractivity contribution in [1.29, 1.82) is 0 Å². The van der Waals surface area contributed by atoms with Crippen LogP contribution in [-0.4, -0.2) is 6.04 Å². The van der Waals surface area contributed by atoms with Crippen LogP contribution in [0.5, 0.6) is 0 Å². The average Bonchev–Trinajstić information content (AvgIpc) is 2.97. The van der Waals surface area contributed by atoms with Crippen LogP contribution in [-0.2, 0) is 6.42 Å². The molecule has 1 aliphatic rings. The van der Waals surface area contributed by atoms with Crippen molar-refractivity contribution in [2.45, 2.75) is 32.2 Å². The number of rotatable bonds is 4. The van der Waals surface area contributed by atoms with E-state index in [1.165, 1.54) is 24.0 Å². The lowest BCUT2D eigenvalue weighted by Gasteiger charge is -2.14. The van der Waals surface area contributed by atoms with Crippen LogP contribution in [0.15, 0.2) is 24.3 Å². The molecule has 1 atom stereocenters. The molecule has 2 heteroatoms. The van der Waals surface area contributed by atoms with Crippen LogP contribution >= 0.6 is 0 Å². The fourth-order valence-electron chi connectivity index (χ4n) is 1.95. The second-order valence-electron chi connectivity index (χ2n) is 4.30. The van der Waals surface area contributed by atoms with Gasteiger partial charge in [0.05, 0.1) is 0 Å². The van der Waals surface area contributed by atoms with E-state index < -0.39 is 0 Å². The summed E-state index contributed by atoms with van der Waals surface area (Å²) in [6.45, 7) is 2.13. The summed E-state index contributed by atoms with van der Waals surface area (Å²) in [6, 6.07) is 9.14. The molecule has 1 fully saturated rings. The Morgan fingerprint density at radius 2 is 2.29 bits per heavy atom. The lowest BCUT2D eigenvalue weighted by Crippen LogP contribution is -2.38. The highest BCUT2D eigenvalue weighted by Crippen LogP contribution is 2.33. The SMILES string of the molecule is Cc1cccc(CC(NN)C2CC2)c1. The first-order valence-electron chi connectivity index (χ1n) is 5.31. The fourth-order valence-corrected chi connectivity index (χ4v) is 1.95. The van der Waals surface area contributed by atoms with Gasteiger partial charge in [0, 0.05) is 6.04 Å². The van der Waals surface area contributed by atoms with E-state index in [2.05, 4.69) is 36.6 Å². The molecule has 0 spiro atoms. The second kappa shape index (κ2) is 4.11. The Labute approximate surface area is 85.5 Å². The Kier molecular flexibility index (Phi) is 2.85. The van der Waals surface area contributed by atoms with Crippen molar-refractivity contribution in [2.75, 3.05) is 0 Å². The van der Waals surface area contributed by atoms with Crippen molar-refractivity contribution in [1.82, 2.24) is 5.43 Å². The standard InChI is InChI=1S/C12H18N2/c1-9-3-2-4-10(7-9)8-12(14-13)11-5-6-11/h2-4,7,11-12,14H,5-6,8,13H2,1H3. The van der Waals surface area contributed by atoms with Crippen molar-refractivity contribution in [3.8, 4) is 0 Å². The topological polar surface area (TPSA) is 38.0 Å². The quantitative estimate of drug-likeness (QED) is 0.561. The third-order valence-electron chi connectivity index (χ3n) is 2.94. The van der Waals surface area contributed by atoms with Crippen molar-refractivity contribution >= 4 is 0 Å². The molecule has 14 heavy (non-hydrogen) atoms. The molecule has 1 aliphatic carbocycles. The molecule has 0 radical (unpaired) electrons. The first-order valence-corrected chi connectivity index (χ1v) is 5.31. The van der Waals surface area contributed by atoms with Crippen LogP contribution in [0.1, 0.15) is 24.0 Å².